The van der Waals surface area contributed by atoms with Gasteiger partial charge in [0.25, 0.3) is 5.91 Å². The standard InChI is InChI=1S/C15H16BrN3O2/c1-9-8-17-5-6-19(9)15(21)11-7-13(20)18-14-10(11)3-2-4-12(14)16/h2-4,7,9,17H,5-6,8H2,1H3,(H,18,20). The van der Waals surface area contributed by atoms with Crippen LogP contribution in [0.5, 0.6) is 0 Å². The quantitative estimate of drug-likeness (QED) is 0.823. The van der Waals surface area contributed by atoms with Crippen LogP contribution >= 0.6 is 15.9 Å². The fraction of sp³-hybridized carbons (Fsp3) is 0.333. The van der Waals surface area contributed by atoms with Crippen molar-refractivity contribution in [2.45, 2.75) is 13.0 Å². The van der Waals surface area contributed by atoms with Crippen molar-refractivity contribution in [1.82, 2.24) is 15.2 Å². The molecule has 0 radical (unpaired) electrons. The second-order valence-electron chi connectivity index (χ2n) is 5.26. The number of fused-ring (bicyclic) bond motifs is 1. The van der Waals surface area contributed by atoms with E-state index in [2.05, 4.69) is 26.2 Å². The Morgan fingerprint density at radius 1 is 1.43 bits per heavy atom. The van der Waals surface area contributed by atoms with Crippen molar-refractivity contribution in [3.63, 3.8) is 0 Å². The molecule has 0 aliphatic carbocycles. The Bertz CT molecular complexity index is 756. The topological polar surface area (TPSA) is 65.2 Å². The number of piperazine rings is 1. The average molecular weight is 350 g/mol. The minimum atomic E-state index is -0.263. The summed E-state index contributed by atoms with van der Waals surface area (Å²) in [5.41, 5.74) is 0.862. The summed E-state index contributed by atoms with van der Waals surface area (Å²) < 4.78 is 0.778. The number of aromatic amines is 1. The van der Waals surface area contributed by atoms with E-state index in [-0.39, 0.29) is 17.5 Å². The lowest BCUT2D eigenvalue weighted by Gasteiger charge is -2.34. The van der Waals surface area contributed by atoms with Gasteiger partial charge >= 0.3 is 0 Å². The van der Waals surface area contributed by atoms with Crippen molar-refractivity contribution >= 4 is 32.7 Å². The van der Waals surface area contributed by atoms with Gasteiger partial charge in [-0.3, -0.25) is 9.59 Å². The Hall–Kier alpha value is -1.66. The van der Waals surface area contributed by atoms with E-state index in [9.17, 15) is 9.59 Å². The summed E-state index contributed by atoms with van der Waals surface area (Å²) >= 11 is 3.42. The Balaban J connectivity index is 2.13. The summed E-state index contributed by atoms with van der Waals surface area (Å²) in [5, 5.41) is 4.02. The Morgan fingerprint density at radius 3 is 3.00 bits per heavy atom. The van der Waals surface area contributed by atoms with E-state index in [1.54, 1.807) is 0 Å². The first kappa shape index (κ1) is 14.3. The van der Waals surface area contributed by atoms with Gasteiger partial charge in [-0.1, -0.05) is 12.1 Å². The fourth-order valence-electron chi connectivity index (χ4n) is 2.72. The van der Waals surface area contributed by atoms with Crippen molar-refractivity contribution in [3.05, 3.63) is 44.7 Å². The van der Waals surface area contributed by atoms with E-state index in [0.29, 0.717) is 17.6 Å². The van der Waals surface area contributed by atoms with Crippen molar-refractivity contribution < 1.29 is 4.79 Å². The molecule has 2 N–H and O–H groups in total. The van der Waals surface area contributed by atoms with Crippen molar-refractivity contribution in [1.29, 1.82) is 0 Å². The molecule has 1 amide bonds. The van der Waals surface area contributed by atoms with Crippen molar-refractivity contribution in [2.75, 3.05) is 19.6 Å². The van der Waals surface area contributed by atoms with Crippen LogP contribution in [-0.4, -0.2) is 41.5 Å². The van der Waals surface area contributed by atoms with Gasteiger partial charge in [-0.25, -0.2) is 0 Å². The van der Waals surface area contributed by atoms with Crippen molar-refractivity contribution in [2.24, 2.45) is 0 Å². The van der Waals surface area contributed by atoms with Crippen LogP contribution in [0.25, 0.3) is 10.9 Å². The van der Waals surface area contributed by atoms with E-state index in [1.807, 2.05) is 30.0 Å². The molecule has 2 aromatic rings. The van der Waals surface area contributed by atoms with Gasteiger partial charge < -0.3 is 15.2 Å². The summed E-state index contributed by atoms with van der Waals surface area (Å²) in [5.74, 6) is -0.0850. The molecule has 5 nitrogen and oxygen atoms in total. The number of rotatable bonds is 1. The van der Waals surface area contributed by atoms with Crippen LogP contribution in [0.4, 0.5) is 0 Å². The van der Waals surface area contributed by atoms with E-state index in [4.69, 9.17) is 0 Å². The molecule has 0 bridgehead atoms. The maximum Gasteiger partial charge on any atom is 0.255 e. The number of hydrogen-bond donors (Lipinski definition) is 2. The molecule has 1 aromatic heterocycles. The molecule has 110 valence electrons. The first-order valence-corrected chi connectivity index (χ1v) is 7.70. The van der Waals surface area contributed by atoms with Crippen molar-refractivity contribution in [3.8, 4) is 0 Å². The van der Waals surface area contributed by atoms with Crippen LogP contribution < -0.4 is 10.9 Å². The van der Waals surface area contributed by atoms with Gasteiger partial charge in [0.2, 0.25) is 5.56 Å². The summed E-state index contributed by atoms with van der Waals surface area (Å²) in [6, 6.07) is 7.08. The smallest absolute Gasteiger partial charge is 0.255 e. The van der Waals surface area contributed by atoms with E-state index >= 15 is 0 Å². The second-order valence-corrected chi connectivity index (χ2v) is 6.12. The molecule has 2 heterocycles. The fourth-order valence-corrected chi connectivity index (χ4v) is 3.18. The number of amides is 1. The highest BCUT2D eigenvalue weighted by Gasteiger charge is 2.25. The summed E-state index contributed by atoms with van der Waals surface area (Å²) in [6.45, 7) is 4.22. The first-order chi connectivity index (χ1) is 10.1. The first-order valence-electron chi connectivity index (χ1n) is 6.91. The molecule has 0 spiro atoms. The predicted octanol–water partition coefficient (Wildman–Crippen LogP) is 1.72. The molecule has 0 saturated carbocycles. The molecule has 1 aromatic carbocycles. The number of halogens is 1. The minimum absolute atomic E-state index is 0.0850. The van der Waals surface area contributed by atoms with E-state index in [1.165, 1.54) is 6.07 Å². The highest BCUT2D eigenvalue weighted by Crippen LogP contribution is 2.24. The largest absolute Gasteiger partial charge is 0.333 e. The SMILES string of the molecule is CC1CNCCN1C(=O)c1cc(=O)[nH]c2c(Br)cccc12. The lowest BCUT2D eigenvalue weighted by molar-refractivity contribution is 0.0657. The van der Waals surface area contributed by atoms with Gasteiger partial charge in [-0.05, 0) is 28.9 Å². The lowest BCUT2D eigenvalue weighted by Crippen LogP contribution is -2.52. The van der Waals surface area contributed by atoms with E-state index < -0.39 is 0 Å². The summed E-state index contributed by atoms with van der Waals surface area (Å²) in [6.07, 6.45) is 0. The highest BCUT2D eigenvalue weighted by atomic mass is 79.9. The molecule has 1 atom stereocenters. The number of benzene rings is 1. The molecule has 1 aliphatic heterocycles. The molecular formula is C15H16BrN3O2. The monoisotopic (exact) mass is 349 g/mol. The number of aromatic nitrogens is 1. The van der Waals surface area contributed by atoms with Gasteiger partial charge in [0.1, 0.15) is 0 Å². The van der Waals surface area contributed by atoms with Gasteiger partial charge in [-0.2, -0.15) is 0 Å². The number of para-hydroxylation sites is 1. The molecule has 21 heavy (non-hydrogen) atoms. The number of nitrogens with one attached hydrogen (secondary N) is 2. The zero-order chi connectivity index (χ0) is 15.0. The third-order valence-electron chi connectivity index (χ3n) is 3.82. The van der Waals surface area contributed by atoms with Crippen LogP contribution in [0.15, 0.2) is 33.5 Å². The number of pyridine rings is 1. The molecule has 1 aliphatic rings. The molecule has 1 unspecified atom stereocenters. The molecule has 3 rings (SSSR count). The van der Waals surface area contributed by atoms with Gasteiger partial charge in [0.15, 0.2) is 0 Å². The van der Waals surface area contributed by atoms with Gasteiger partial charge in [0.05, 0.1) is 11.1 Å². The summed E-state index contributed by atoms with van der Waals surface area (Å²) in [4.78, 5) is 29.3. The second kappa shape index (κ2) is 5.61. The third kappa shape index (κ3) is 2.61. The summed E-state index contributed by atoms with van der Waals surface area (Å²) in [7, 11) is 0. The van der Waals surface area contributed by atoms with Gasteiger partial charge in [-0.15, -0.1) is 0 Å². The van der Waals surface area contributed by atoms with Crippen LogP contribution in [0, 0.1) is 0 Å². The number of hydrogen-bond acceptors (Lipinski definition) is 3. The third-order valence-corrected chi connectivity index (χ3v) is 4.48. The Kier molecular flexibility index (Phi) is 3.82. The van der Waals surface area contributed by atoms with Crippen LogP contribution in [-0.2, 0) is 0 Å². The zero-order valence-electron chi connectivity index (χ0n) is 11.6. The average Bonchev–Trinajstić information content (AvgIpc) is 2.47. The number of carbonyl (C=O) groups excluding carboxylic acids is 1. The normalized spacial score (nSPS) is 19.0. The Morgan fingerprint density at radius 2 is 2.24 bits per heavy atom. The Labute approximate surface area is 130 Å². The highest BCUT2D eigenvalue weighted by molar-refractivity contribution is 9.10. The maximum absolute atomic E-state index is 12.8. The van der Waals surface area contributed by atoms with Crippen LogP contribution in [0.2, 0.25) is 0 Å². The molecular weight excluding hydrogens is 334 g/mol. The number of H-pyrrole nitrogens is 1. The lowest BCUT2D eigenvalue weighted by atomic mass is 10.1. The zero-order valence-corrected chi connectivity index (χ0v) is 13.2. The number of nitrogens with zero attached hydrogens (tertiary/aromatic N) is 1. The van der Waals surface area contributed by atoms with Crippen LogP contribution in [0.3, 0.4) is 0 Å². The maximum atomic E-state index is 12.8. The predicted molar refractivity (Wildman–Crippen MR) is 85.6 cm³/mol. The van der Waals surface area contributed by atoms with E-state index in [0.717, 1.165) is 22.9 Å². The minimum Gasteiger partial charge on any atom is -0.333 e. The molecule has 1 saturated heterocycles. The van der Waals surface area contributed by atoms with Crippen LogP contribution in [0.1, 0.15) is 17.3 Å². The number of carbonyl (C=O) groups is 1. The van der Waals surface area contributed by atoms with Gasteiger partial charge in [0, 0.05) is 41.6 Å². The molecule has 6 heteroatoms. The molecule has 1 fully saturated rings.